The Kier molecular flexibility index (Phi) is 4.41. The molecule has 0 aliphatic heterocycles. The number of esters is 1. The van der Waals surface area contributed by atoms with Crippen LogP contribution in [0.15, 0.2) is 12.1 Å². The zero-order valence-corrected chi connectivity index (χ0v) is 9.62. The molecule has 84 valence electrons. The first-order chi connectivity index (χ1) is 7.58. The Morgan fingerprint density at radius 1 is 1.50 bits per heavy atom. The van der Waals surface area contributed by atoms with Gasteiger partial charge in [0.1, 0.15) is 0 Å². The van der Waals surface area contributed by atoms with Crippen molar-refractivity contribution < 1.29 is 14.6 Å². The summed E-state index contributed by atoms with van der Waals surface area (Å²) >= 11 is 0. The van der Waals surface area contributed by atoms with Crippen LogP contribution in [0.4, 0.5) is 0 Å². The third-order valence-corrected chi connectivity index (χ3v) is 2.22. The lowest BCUT2D eigenvalue weighted by Crippen LogP contribution is -2.08. The molecule has 0 spiro atoms. The molecule has 1 N–H and O–H groups in total. The summed E-state index contributed by atoms with van der Waals surface area (Å²) in [5.74, 6) is -0.137. The van der Waals surface area contributed by atoms with Crippen molar-refractivity contribution in [3.8, 4) is 11.5 Å². The minimum Gasteiger partial charge on any atom is -0.504 e. The summed E-state index contributed by atoms with van der Waals surface area (Å²) in [4.78, 5) is 11.3. The molecule has 0 bridgehead atoms. The van der Waals surface area contributed by atoms with Gasteiger partial charge in [-0.05, 0) is 25.0 Å². The van der Waals surface area contributed by atoms with Gasteiger partial charge in [-0.2, -0.15) is 0 Å². The van der Waals surface area contributed by atoms with Crippen LogP contribution in [0.1, 0.15) is 30.9 Å². The molecule has 0 unspecified atom stereocenters. The molecule has 0 saturated carbocycles. The predicted molar refractivity (Wildman–Crippen MR) is 62.8 cm³/mol. The number of aromatic hydroxyl groups is 1. The van der Waals surface area contributed by atoms with Crippen LogP contribution in [0.2, 0.25) is 0 Å². The fraction of sp³-hybridized carbons (Fsp3) is 0.417. The largest absolute Gasteiger partial charge is 0.504 e. The molecule has 2 radical (unpaired) electrons. The van der Waals surface area contributed by atoms with Gasteiger partial charge >= 0.3 is 5.97 Å². The third kappa shape index (κ3) is 3.02. The molecule has 0 heterocycles. The third-order valence-electron chi connectivity index (χ3n) is 2.22. The van der Waals surface area contributed by atoms with Crippen molar-refractivity contribution >= 4 is 13.8 Å². The van der Waals surface area contributed by atoms with E-state index in [2.05, 4.69) is 0 Å². The van der Waals surface area contributed by atoms with E-state index in [4.69, 9.17) is 12.6 Å². The van der Waals surface area contributed by atoms with Crippen LogP contribution >= 0.6 is 0 Å². The maximum atomic E-state index is 11.3. The van der Waals surface area contributed by atoms with Crippen molar-refractivity contribution in [1.29, 1.82) is 0 Å². The molecule has 4 heteroatoms. The highest BCUT2D eigenvalue weighted by molar-refractivity contribution is 6.08. The molecule has 0 amide bonds. The molecule has 0 saturated heterocycles. The van der Waals surface area contributed by atoms with Gasteiger partial charge in [0.25, 0.3) is 0 Å². The Balaban J connectivity index is 2.92. The van der Waals surface area contributed by atoms with E-state index in [-0.39, 0.29) is 17.5 Å². The number of phenolic OH excluding ortho intramolecular Hbond substituents is 1. The minimum atomic E-state index is -0.332. The summed E-state index contributed by atoms with van der Waals surface area (Å²) in [7, 11) is 5.47. The Morgan fingerprint density at radius 3 is 2.69 bits per heavy atom. The Hall–Kier alpha value is -1.45. The number of aryl methyl sites for hydroxylation is 1. The Bertz CT molecular complexity index is 365. The fourth-order valence-electron chi connectivity index (χ4n) is 1.45. The first kappa shape index (κ1) is 12.6. The summed E-state index contributed by atoms with van der Waals surface area (Å²) in [5.41, 5.74) is 1.52. The summed E-state index contributed by atoms with van der Waals surface area (Å²) in [6.07, 6.45) is 1.41. The second kappa shape index (κ2) is 5.59. The summed E-state index contributed by atoms with van der Waals surface area (Å²) in [6.45, 7) is 3.67. The van der Waals surface area contributed by atoms with Gasteiger partial charge in [-0.25, -0.2) is 0 Å². The topological polar surface area (TPSA) is 46.5 Å². The Labute approximate surface area is 96.8 Å². The van der Waals surface area contributed by atoms with Crippen LogP contribution in [0, 0.1) is 6.92 Å². The van der Waals surface area contributed by atoms with Crippen LogP contribution in [0.25, 0.3) is 0 Å². The zero-order valence-electron chi connectivity index (χ0n) is 9.62. The van der Waals surface area contributed by atoms with E-state index in [1.54, 1.807) is 13.0 Å². The number of phenols is 1. The highest BCUT2D eigenvalue weighted by Gasteiger charge is 2.12. The maximum absolute atomic E-state index is 11.3. The van der Waals surface area contributed by atoms with Gasteiger partial charge in [0, 0.05) is 6.42 Å². The van der Waals surface area contributed by atoms with Crippen molar-refractivity contribution in [2.45, 2.75) is 33.0 Å². The number of hydrogen-bond donors (Lipinski definition) is 1. The van der Waals surface area contributed by atoms with Gasteiger partial charge in [-0.3, -0.25) is 4.79 Å². The maximum Gasteiger partial charge on any atom is 0.311 e. The summed E-state index contributed by atoms with van der Waals surface area (Å²) in [6, 6.07) is 3.32. The second-order valence-corrected chi connectivity index (χ2v) is 3.69. The standard InChI is InChI=1S/C12H15BO3/c1-3-4-11(15)16-12-8(2)5-9(7-13)6-10(12)14/h5-6,14H,3-4,7H2,1-2H3. The van der Waals surface area contributed by atoms with Crippen molar-refractivity contribution in [2.24, 2.45) is 0 Å². The highest BCUT2D eigenvalue weighted by atomic mass is 16.5. The summed E-state index contributed by atoms with van der Waals surface area (Å²) in [5, 5.41) is 9.69. The van der Waals surface area contributed by atoms with E-state index in [1.807, 2.05) is 6.92 Å². The molecule has 0 aliphatic rings. The van der Waals surface area contributed by atoms with Crippen molar-refractivity contribution in [2.75, 3.05) is 0 Å². The van der Waals surface area contributed by atoms with Crippen molar-refractivity contribution in [3.63, 3.8) is 0 Å². The number of hydrogen-bond acceptors (Lipinski definition) is 3. The van der Waals surface area contributed by atoms with Crippen LogP contribution in [-0.2, 0) is 11.1 Å². The molecule has 0 fully saturated rings. The van der Waals surface area contributed by atoms with Gasteiger partial charge in [0.15, 0.2) is 11.5 Å². The van der Waals surface area contributed by atoms with Gasteiger partial charge in [-0.15, -0.1) is 0 Å². The van der Waals surface area contributed by atoms with E-state index in [0.717, 1.165) is 12.0 Å². The average molecular weight is 218 g/mol. The van der Waals surface area contributed by atoms with Gasteiger partial charge in [0.05, 0.1) is 7.85 Å². The molecule has 3 nitrogen and oxygen atoms in total. The molecule has 1 aromatic rings. The van der Waals surface area contributed by atoms with Crippen LogP contribution in [0.5, 0.6) is 11.5 Å². The van der Waals surface area contributed by atoms with Gasteiger partial charge < -0.3 is 9.84 Å². The predicted octanol–water partition coefficient (Wildman–Crippen LogP) is 2.07. The smallest absolute Gasteiger partial charge is 0.311 e. The van der Waals surface area contributed by atoms with E-state index < -0.39 is 0 Å². The number of benzene rings is 1. The van der Waals surface area contributed by atoms with Crippen molar-refractivity contribution in [3.05, 3.63) is 23.3 Å². The fourth-order valence-corrected chi connectivity index (χ4v) is 1.45. The van der Waals surface area contributed by atoms with Gasteiger partial charge in [0.2, 0.25) is 0 Å². The zero-order chi connectivity index (χ0) is 12.1. The van der Waals surface area contributed by atoms with E-state index in [1.165, 1.54) is 6.07 Å². The molecular formula is C12H15BO3. The summed E-state index contributed by atoms with van der Waals surface area (Å²) < 4.78 is 5.09. The SMILES string of the molecule is [B]Cc1cc(C)c(OC(=O)CCC)c(O)c1. The molecule has 0 aliphatic carbocycles. The lowest BCUT2D eigenvalue weighted by molar-refractivity contribution is -0.134. The molecule has 0 atom stereocenters. The lowest BCUT2D eigenvalue weighted by atomic mass is 9.95. The lowest BCUT2D eigenvalue weighted by Gasteiger charge is -2.10. The molecule has 0 aromatic heterocycles. The van der Waals surface area contributed by atoms with E-state index in [9.17, 15) is 9.90 Å². The van der Waals surface area contributed by atoms with Crippen LogP contribution in [-0.4, -0.2) is 18.9 Å². The second-order valence-electron chi connectivity index (χ2n) is 3.69. The van der Waals surface area contributed by atoms with Crippen molar-refractivity contribution in [1.82, 2.24) is 0 Å². The van der Waals surface area contributed by atoms with Crippen LogP contribution < -0.4 is 4.74 Å². The quantitative estimate of drug-likeness (QED) is 0.478. The van der Waals surface area contributed by atoms with E-state index >= 15 is 0 Å². The monoisotopic (exact) mass is 218 g/mol. The first-order valence-electron chi connectivity index (χ1n) is 5.31. The van der Waals surface area contributed by atoms with Gasteiger partial charge in [-0.1, -0.05) is 24.9 Å². The molecule has 16 heavy (non-hydrogen) atoms. The molecule has 1 rings (SSSR count). The first-order valence-corrected chi connectivity index (χ1v) is 5.31. The number of carbonyl (C=O) groups is 1. The molecular weight excluding hydrogens is 203 g/mol. The van der Waals surface area contributed by atoms with Crippen LogP contribution in [0.3, 0.4) is 0 Å². The highest BCUT2D eigenvalue weighted by Crippen LogP contribution is 2.31. The number of rotatable bonds is 4. The normalized spacial score (nSPS) is 10.1. The van der Waals surface area contributed by atoms with E-state index in [0.29, 0.717) is 18.3 Å². The minimum absolute atomic E-state index is 0.0371. The number of ether oxygens (including phenoxy) is 1. The average Bonchev–Trinajstić information content (AvgIpc) is 2.23. The number of carbonyl (C=O) groups excluding carboxylic acids is 1. The molecule has 1 aromatic carbocycles. The Morgan fingerprint density at radius 2 is 2.19 bits per heavy atom.